The molecule has 0 aliphatic heterocycles. The molecular weight excluding hydrogens is 361 g/mol. The van der Waals surface area contributed by atoms with Gasteiger partial charge in [-0.3, -0.25) is 4.79 Å². The van der Waals surface area contributed by atoms with E-state index in [0.29, 0.717) is 27.8 Å². The Hall–Kier alpha value is -2.50. The molecule has 1 aromatic heterocycles. The molecule has 2 N–H and O–H groups in total. The molecule has 1 amide bonds. The van der Waals surface area contributed by atoms with E-state index in [1.54, 1.807) is 18.2 Å². The fourth-order valence-electron chi connectivity index (χ4n) is 2.59. The minimum Gasteiger partial charge on any atom is -0.619 e. The Morgan fingerprint density at radius 3 is 2.72 bits per heavy atom. The zero-order valence-electron chi connectivity index (χ0n) is 13.3. The van der Waals surface area contributed by atoms with Crippen molar-refractivity contribution in [3.8, 4) is 0 Å². The quantitative estimate of drug-likeness (QED) is 0.526. The summed E-state index contributed by atoms with van der Waals surface area (Å²) in [7, 11) is 0. The molecule has 0 aliphatic rings. The van der Waals surface area contributed by atoms with Crippen LogP contribution >= 0.6 is 23.2 Å². The molecule has 0 saturated carbocycles. The SMILES string of the molecule is CC(=O)Nc1ccc(Cl)c(CNc2cccc3c[n+]([O-])ccc23)c1Cl. The van der Waals surface area contributed by atoms with Crippen molar-refractivity contribution < 1.29 is 9.52 Å². The summed E-state index contributed by atoms with van der Waals surface area (Å²) in [6, 6.07) is 10.8. The van der Waals surface area contributed by atoms with E-state index in [9.17, 15) is 10.0 Å². The van der Waals surface area contributed by atoms with E-state index in [1.165, 1.54) is 19.3 Å². The highest BCUT2D eigenvalue weighted by molar-refractivity contribution is 6.38. The van der Waals surface area contributed by atoms with Gasteiger partial charge in [0.05, 0.1) is 10.7 Å². The Morgan fingerprint density at radius 1 is 1.16 bits per heavy atom. The highest BCUT2D eigenvalue weighted by Crippen LogP contribution is 2.33. The summed E-state index contributed by atoms with van der Waals surface area (Å²) in [5.41, 5.74) is 2.05. The topological polar surface area (TPSA) is 68.1 Å². The number of rotatable bonds is 4. The minimum atomic E-state index is -0.205. The smallest absolute Gasteiger partial charge is 0.221 e. The first-order chi connectivity index (χ1) is 12.0. The maximum absolute atomic E-state index is 11.4. The molecule has 3 aromatic rings. The van der Waals surface area contributed by atoms with Crippen molar-refractivity contribution in [1.82, 2.24) is 0 Å². The van der Waals surface area contributed by atoms with Crippen molar-refractivity contribution in [3.05, 3.63) is 69.6 Å². The molecular formula is C18H15Cl2N3O2. The minimum absolute atomic E-state index is 0.205. The van der Waals surface area contributed by atoms with Crippen molar-refractivity contribution in [3.63, 3.8) is 0 Å². The van der Waals surface area contributed by atoms with E-state index < -0.39 is 0 Å². The zero-order chi connectivity index (χ0) is 18.0. The van der Waals surface area contributed by atoms with Gasteiger partial charge in [-0.15, -0.1) is 0 Å². The number of carbonyl (C=O) groups excluding carboxylic acids is 1. The van der Waals surface area contributed by atoms with E-state index in [2.05, 4.69) is 10.6 Å². The molecule has 0 spiro atoms. The number of anilines is 2. The predicted molar refractivity (Wildman–Crippen MR) is 101 cm³/mol. The molecule has 128 valence electrons. The van der Waals surface area contributed by atoms with Crippen LogP contribution in [-0.2, 0) is 11.3 Å². The van der Waals surface area contributed by atoms with Gasteiger partial charge in [-0.25, -0.2) is 0 Å². The van der Waals surface area contributed by atoms with E-state index in [4.69, 9.17) is 23.2 Å². The molecule has 0 aliphatic carbocycles. The van der Waals surface area contributed by atoms with Crippen LogP contribution in [0.25, 0.3) is 10.8 Å². The number of hydrogen-bond acceptors (Lipinski definition) is 3. The third kappa shape index (κ3) is 3.78. The number of hydrogen-bond donors (Lipinski definition) is 2. The number of nitrogens with one attached hydrogen (secondary N) is 2. The van der Waals surface area contributed by atoms with Gasteiger partial charge in [0.15, 0.2) is 12.4 Å². The zero-order valence-corrected chi connectivity index (χ0v) is 14.9. The second-order valence-corrected chi connectivity index (χ2v) is 6.32. The first-order valence-corrected chi connectivity index (χ1v) is 8.31. The number of carbonyl (C=O) groups is 1. The molecule has 0 bridgehead atoms. The summed E-state index contributed by atoms with van der Waals surface area (Å²) in [6.07, 6.45) is 2.96. The molecule has 0 atom stereocenters. The predicted octanol–water partition coefficient (Wildman–Crippen LogP) is 4.35. The molecule has 0 fully saturated rings. The Balaban J connectivity index is 1.90. The van der Waals surface area contributed by atoms with Gasteiger partial charge in [-0.1, -0.05) is 29.3 Å². The Kier molecular flexibility index (Phi) is 4.97. The summed E-state index contributed by atoms with van der Waals surface area (Å²) in [4.78, 5) is 11.3. The maximum atomic E-state index is 11.4. The maximum Gasteiger partial charge on any atom is 0.221 e. The van der Waals surface area contributed by atoms with Crippen LogP contribution < -0.4 is 15.4 Å². The number of fused-ring (bicyclic) bond motifs is 1. The molecule has 1 heterocycles. The Bertz CT molecular complexity index is 960. The lowest BCUT2D eigenvalue weighted by Gasteiger charge is -2.14. The lowest BCUT2D eigenvalue weighted by atomic mass is 10.1. The summed E-state index contributed by atoms with van der Waals surface area (Å²) < 4.78 is 0.761. The number of benzene rings is 2. The van der Waals surface area contributed by atoms with E-state index in [-0.39, 0.29) is 5.91 Å². The highest BCUT2D eigenvalue weighted by atomic mass is 35.5. The van der Waals surface area contributed by atoms with E-state index >= 15 is 0 Å². The van der Waals surface area contributed by atoms with Crippen molar-refractivity contribution in [2.24, 2.45) is 0 Å². The van der Waals surface area contributed by atoms with Crippen LogP contribution in [0.2, 0.25) is 10.0 Å². The Labute approximate surface area is 154 Å². The van der Waals surface area contributed by atoms with Gasteiger partial charge in [-0.2, -0.15) is 4.73 Å². The Morgan fingerprint density at radius 2 is 1.96 bits per heavy atom. The van der Waals surface area contributed by atoms with Gasteiger partial charge in [0.1, 0.15) is 0 Å². The summed E-state index contributed by atoms with van der Waals surface area (Å²) in [5, 5.41) is 20.0. The standard InChI is InChI=1S/C18H15Cl2N3O2/c1-11(24)22-17-6-5-15(19)14(18(17)20)9-21-16-4-2-3-12-10-23(25)8-7-13(12)16/h2-8,10,21H,9H2,1H3,(H,22,24). The van der Waals surface area contributed by atoms with Crippen molar-refractivity contribution in [2.45, 2.75) is 13.5 Å². The van der Waals surface area contributed by atoms with E-state index in [0.717, 1.165) is 21.2 Å². The highest BCUT2D eigenvalue weighted by Gasteiger charge is 2.12. The fraction of sp³-hybridized carbons (Fsp3) is 0.111. The molecule has 0 unspecified atom stereocenters. The average molecular weight is 376 g/mol. The molecule has 5 nitrogen and oxygen atoms in total. The van der Waals surface area contributed by atoms with Gasteiger partial charge in [0, 0.05) is 46.6 Å². The van der Waals surface area contributed by atoms with Crippen molar-refractivity contribution in [2.75, 3.05) is 10.6 Å². The molecule has 0 radical (unpaired) electrons. The van der Waals surface area contributed by atoms with E-state index in [1.807, 2.05) is 18.2 Å². The van der Waals surface area contributed by atoms with Gasteiger partial charge in [-0.05, 0) is 24.3 Å². The first kappa shape index (κ1) is 17.3. The van der Waals surface area contributed by atoms with Crippen LogP contribution in [0.5, 0.6) is 0 Å². The second kappa shape index (κ2) is 7.17. The number of halogens is 2. The van der Waals surface area contributed by atoms with Crippen LogP contribution in [0, 0.1) is 5.21 Å². The van der Waals surface area contributed by atoms with Gasteiger partial charge in [0.25, 0.3) is 0 Å². The third-order valence-electron chi connectivity index (χ3n) is 3.75. The van der Waals surface area contributed by atoms with Crippen LogP contribution in [0.15, 0.2) is 48.8 Å². The van der Waals surface area contributed by atoms with Gasteiger partial charge in [0.2, 0.25) is 5.91 Å². The molecule has 0 saturated heterocycles. The van der Waals surface area contributed by atoms with Crippen LogP contribution in [0.4, 0.5) is 11.4 Å². The number of nitrogens with zero attached hydrogens (tertiary/aromatic N) is 1. The summed E-state index contributed by atoms with van der Waals surface area (Å²) in [5.74, 6) is -0.205. The molecule has 7 heteroatoms. The first-order valence-electron chi connectivity index (χ1n) is 7.55. The molecule has 3 rings (SSSR count). The average Bonchev–Trinajstić information content (AvgIpc) is 2.56. The number of amides is 1. The van der Waals surface area contributed by atoms with Crippen LogP contribution in [0.1, 0.15) is 12.5 Å². The lowest BCUT2D eigenvalue weighted by Crippen LogP contribution is -2.23. The molecule has 25 heavy (non-hydrogen) atoms. The summed E-state index contributed by atoms with van der Waals surface area (Å²) >= 11 is 12.6. The third-order valence-corrected chi connectivity index (χ3v) is 4.53. The van der Waals surface area contributed by atoms with Crippen molar-refractivity contribution >= 4 is 51.3 Å². The van der Waals surface area contributed by atoms with Crippen LogP contribution in [0.3, 0.4) is 0 Å². The number of aromatic nitrogens is 1. The van der Waals surface area contributed by atoms with Crippen molar-refractivity contribution in [1.29, 1.82) is 0 Å². The molecule has 2 aromatic carbocycles. The van der Waals surface area contributed by atoms with Gasteiger partial charge >= 0.3 is 0 Å². The number of pyridine rings is 1. The van der Waals surface area contributed by atoms with Crippen LogP contribution in [-0.4, -0.2) is 5.91 Å². The van der Waals surface area contributed by atoms with Gasteiger partial charge < -0.3 is 15.8 Å². The second-order valence-electron chi connectivity index (χ2n) is 5.54. The monoisotopic (exact) mass is 375 g/mol. The largest absolute Gasteiger partial charge is 0.619 e. The fourth-order valence-corrected chi connectivity index (χ4v) is 3.14. The lowest BCUT2D eigenvalue weighted by molar-refractivity contribution is -0.603. The summed E-state index contributed by atoms with van der Waals surface area (Å²) in [6.45, 7) is 1.79. The normalized spacial score (nSPS) is 10.7.